The van der Waals surface area contributed by atoms with Gasteiger partial charge in [0.15, 0.2) is 17.8 Å². The first-order chi connectivity index (χ1) is 10.3. The summed E-state index contributed by atoms with van der Waals surface area (Å²) in [7, 11) is 0. The summed E-state index contributed by atoms with van der Waals surface area (Å²) >= 11 is 0. The molecule has 22 heavy (non-hydrogen) atoms. The quantitative estimate of drug-likeness (QED) is 0.275. The normalized spacial score (nSPS) is 31.7. The Bertz CT molecular complexity index is 546. The number of rotatable bonds is 3. The van der Waals surface area contributed by atoms with Gasteiger partial charge in [0.05, 0.1) is 5.56 Å². The van der Waals surface area contributed by atoms with E-state index < -0.39 is 54.8 Å². The first kappa shape index (κ1) is 16.5. The van der Waals surface area contributed by atoms with Crippen molar-refractivity contribution in [1.29, 1.82) is 0 Å². The zero-order valence-electron chi connectivity index (χ0n) is 11.2. The lowest BCUT2D eigenvalue weighted by Crippen LogP contribution is -2.58. The van der Waals surface area contributed by atoms with Crippen LogP contribution < -0.4 is 0 Å². The Hall–Kier alpha value is -1.91. The molecule has 1 aliphatic rings. The van der Waals surface area contributed by atoms with E-state index in [-0.39, 0.29) is 5.56 Å². The van der Waals surface area contributed by atoms with Crippen molar-refractivity contribution in [3.8, 4) is 11.5 Å². The Morgan fingerprint density at radius 3 is 2.36 bits per heavy atom. The van der Waals surface area contributed by atoms with Crippen LogP contribution in [0.4, 0.5) is 0 Å². The Kier molecular flexibility index (Phi) is 4.84. The number of hydrogen-bond donors (Lipinski definition) is 6. The van der Waals surface area contributed by atoms with Crippen LogP contribution in [0.25, 0.3) is 0 Å². The van der Waals surface area contributed by atoms with Gasteiger partial charge in [-0.25, -0.2) is 4.79 Å². The van der Waals surface area contributed by atoms with E-state index in [4.69, 9.17) is 14.6 Å². The number of esters is 1. The number of aromatic hydroxyl groups is 2. The molecule has 0 unspecified atom stereocenters. The average molecular weight is 316 g/mol. The zero-order valence-corrected chi connectivity index (χ0v) is 11.2. The highest BCUT2D eigenvalue weighted by Gasteiger charge is 2.43. The molecule has 2 rings (SSSR count). The number of carbonyl (C=O) groups is 1. The fourth-order valence-electron chi connectivity index (χ4n) is 1.96. The lowest BCUT2D eigenvalue weighted by atomic mass is 9.99. The third kappa shape index (κ3) is 3.29. The van der Waals surface area contributed by atoms with E-state index in [2.05, 4.69) is 0 Å². The van der Waals surface area contributed by atoms with E-state index >= 15 is 0 Å². The lowest BCUT2D eigenvalue weighted by molar-refractivity contribution is -0.286. The maximum Gasteiger partial charge on any atom is 0.338 e. The predicted octanol–water partition coefficient (Wildman–Crippen LogP) is -1.95. The Morgan fingerprint density at radius 2 is 1.73 bits per heavy atom. The molecule has 0 aromatic heterocycles. The molecule has 122 valence electrons. The summed E-state index contributed by atoms with van der Waals surface area (Å²) in [6.07, 6.45) is -7.83. The number of phenols is 2. The summed E-state index contributed by atoms with van der Waals surface area (Å²) in [5.74, 6) is -1.78. The van der Waals surface area contributed by atoms with E-state index in [1.807, 2.05) is 0 Å². The van der Waals surface area contributed by atoms with Crippen LogP contribution in [0.2, 0.25) is 0 Å². The molecular weight excluding hydrogens is 300 g/mol. The number of aliphatic hydroxyl groups is 4. The standard InChI is InChI=1S/C13H16O9/c14-6-2-1-5(3-7(6)15)12(19)21-4-8-9(16)10(17)11(18)13(20)22-8/h1-3,8-11,13-18,20H,4H2/t8-,9-,10+,11-,13+/m1/s1. The Labute approximate surface area is 124 Å². The number of benzene rings is 1. The van der Waals surface area contributed by atoms with Gasteiger partial charge in [-0.1, -0.05) is 0 Å². The molecule has 0 saturated carbocycles. The lowest BCUT2D eigenvalue weighted by Gasteiger charge is -2.37. The number of carbonyl (C=O) groups excluding carboxylic acids is 1. The van der Waals surface area contributed by atoms with Gasteiger partial charge in [-0.05, 0) is 18.2 Å². The van der Waals surface area contributed by atoms with Crippen LogP contribution in [0, 0.1) is 0 Å². The first-order valence-corrected chi connectivity index (χ1v) is 6.38. The van der Waals surface area contributed by atoms with E-state index in [0.29, 0.717) is 0 Å². The molecule has 0 amide bonds. The Balaban J connectivity index is 1.97. The Morgan fingerprint density at radius 1 is 1.05 bits per heavy atom. The second-order valence-electron chi connectivity index (χ2n) is 4.84. The van der Waals surface area contributed by atoms with Crippen molar-refractivity contribution in [2.75, 3.05) is 6.61 Å². The predicted molar refractivity (Wildman–Crippen MR) is 69.0 cm³/mol. The molecule has 1 aliphatic heterocycles. The number of aliphatic hydroxyl groups excluding tert-OH is 4. The maximum atomic E-state index is 11.8. The summed E-state index contributed by atoms with van der Waals surface area (Å²) in [4.78, 5) is 11.8. The van der Waals surface area contributed by atoms with Gasteiger partial charge in [0, 0.05) is 0 Å². The minimum absolute atomic E-state index is 0.0540. The van der Waals surface area contributed by atoms with E-state index in [1.54, 1.807) is 0 Å². The van der Waals surface area contributed by atoms with Gasteiger partial charge in [0.1, 0.15) is 31.0 Å². The van der Waals surface area contributed by atoms with Crippen molar-refractivity contribution in [1.82, 2.24) is 0 Å². The molecule has 9 nitrogen and oxygen atoms in total. The van der Waals surface area contributed by atoms with Crippen LogP contribution in [0.3, 0.4) is 0 Å². The zero-order chi connectivity index (χ0) is 16.4. The molecule has 1 aromatic carbocycles. The summed E-state index contributed by atoms with van der Waals surface area (Å²) in [5.41, 5.74) is -0.0540. The number of ether oxygens (including phenoxy) is 2. The topological polar surface area (TPSA) is 157 Å². The molecule has 0 radical (unpaired) electrons. The fraction of sp³-hybridized carbons (Fsp3) is 0.462. The minimum atomic E-state index is -1.72. The number of hydrogen-bond acceptors (Lipinski definition) is 9. The third-order valence-electron chi connectivity index (χ3n) is 3.28. The summed E-state index contributed by atoms with van der Waals surface area (Å²) in [6, 6.07) is 3.30. The molecule has 1 heterocycles. The van der Waals surface area contributed by atoms with Crippen molar-refractivity contribution in [3.63, 3.8) is 0 Å². The smallest absolute Gasteiger partial charge is 0.338 e. The molecular formula is C13H16O9. The van der Waals surface area contributed by atoms with Gasteiger partial charge in [0.2, 0.25) is 0 Å². The van der Waals surface area contributed by atoms with E-state index in [9.17, 15) is 30.3 Å². The fourth-order valence-corrected chi connectivity index (χ4v) is 1.96. The molecule has 9 heteroatoms. The molecule has 5 atom stereocenters. The SMILES string of the molecule is O=C(OC[C@H]1O[C@H](O)[C@H](O)[C@@H](O)[C@@H]1O)c1ccc(O)c(O)c1. The molecule has 1 aromatic rings. The molecule has 1 fully saturated rings. The van der Waals surface area contributed by atoms with Gasteiger partial charge in [-0.15, -0.1) is 0 Å². The summed E-state index contributed by atoms with van der Waals surface area (Å²) < 4.78 is 9.68. The summed E-state index contributed by atoms with van der Waals surface area (Å²) in [6.45, 7) is -0.498. The highest BCUT2D eigenvalue weighted by atomic mass is 16.6. The first-order valence-electron chi connectivity index (χ1n) is 6.38. The maximum absolute atomic E-state index is 11.8. The van der Waals surface area contributed by atoms with Gasteiger partial charge in [-0.3, -0.25) is 0 Å². The molecule has 0 aliphatic carbocycles. The van der Waals surface area contributed by atoms with Gasteiger partial charge >= 0.3 is 5.97 Å². The van der Waals surface area contributed by atoms with Crippen LogP contribution in [0.1, 0.15) is 10.4 Å². The van der Waals surface area contributed by atoms with Gasteiger partial charge in [-0.2, -0.15) is 0 Å². The van der Waals surface area contributed by atoms with E-state index in [1.165, 1.54) is 6.07 Å². The highest BCUT2D eigenvalue weighted by Crippen LogP contribution is 2.25. The largest absolute Gasteiger partial charge is 0.504 e. The van der Waals surface area contributed by atoms with Crippen LogP contribution in [0.15, 0.2) is 18.2 Å². The molecule has 6 N–H and O–H groups in total. The van der Waals surface area contributed by atoms with Crippen molar-refractivity contribution >= 4 is 5.97 Å². The van der Waals surface area contributed by atoms with Crippen molar-refractivity contribution < 1.29 is 44.9 Å². The monoisotopic (exact) mass is 316 g/mol. The average Bonchev–Trinajstić information content (AvgIpc) is 2.49. The van der Waals surface area contributed by atoms with Crippen molar-refractivity contribution in [3.05, 3.63) is 23.8 Å². The van der Waals surface area contributed by atoms with Crippen LogP contribution in [0.5, 0.6) is 11.5 Å². The van der Waals surface area contributed by atoms with Crippen LogP contribution in [-0.4, -0.2) is 73.9 Å². The molecule has 1 saturated heterocycles. The van der Waals surface area contributed by atoms with Crippen LogP contribution in [-0.2, 0) is 9.47 Å². The van der Waals surface area contributed by atoms with Crippen LogP contribution >= 0.6 is 0 Å². The summed E-state index contributed by atoms with van der Waals surface area (Å²) in [5, 5.41) is 56.2. The van der Waals surface area contributed by atoms with Crippen molar-refractivity contribution in [2.45, 2.75) is 30.7 Å². The second-order valence-corrected chi connectivity index (χ2v) is 4.84. The molecule has 0 spiro atoms. The van der Waals surface area contributed by atoms with Crippen molar-refractivity contribution in [2.24, 2.45) is 0 Å². The molecule has 0 bridgehead atoms. The van der Waals surface area contributed by atoms with Gasteiger partial charge < -0.3 is 40.1 Å². The number of phenolic OH excluding ortho intramolecular Hbond substituents is 2. The van der Waals surface area contributed by atoms with E-state index in [0.717, 1.165) is 12.1 Å². The second kappa shape index (κ2) is 6.46. The highest BCUT2D eigenvalue weighted by molar-refractivity contribution is 5.90. The minimum Gasteiger partial charge on any atom is -0.504 e. The third-order valence-corrected chi connectivity index (χ3v) is 3.28. The van der Waals surface area contributed by atoms with Gasteiger partial charge in [0.25, 0.3) is 0 Å².